The average Bonchev–Trinajstić information content (AvgIpc) is 3.13. The molecule has 0 unspecified atom stereocenters. The van der Waals surface area contributed by atoms with E-state index in [1.165, 1.54) is 65.0 Å². The summed E-state index contributed by atoms with van der Waals surface area (Å²) < 4.78 is 0. The summed E-state index contributed by atoms with van der Waals surface area (Å²) in [6, 6.07) is 52.9. The maximum atomic E-state index is 4.80. The van der Waals surface area contributed by atoms with Crippen molar-refractivity contribution in [2.24, 2.45) is 0 Å². The van der Waals surface area contributed by atoms with Gasteiger partial charge in [0, 0.05) is 34.3 Å². The average molecular weight is 583 g/mol. The van der Waals surface area contributed by atoms with E-state index in [0.29, 0.717) is 0 Å². The fraction of sp³-hybridized carbons (Fsp3) is 0. The largest absolute Gasteiger partial charge is 0.256 e. The Morgan fingerprint density at radius 1 is 0.304 bits per heavy atom. The standard InChI is InChI=1S/C44H26N2/c1-3-15-37-33(13-1)35-21-19-29(31-17-5-9-27-11-7-23-45-43(27)31)25-39(35)42-38-16-4-2-14-34(38)36-22-20-30(26-40(36)41(37)42)32-18-6-10-28-12-8-24-46-44(28)32/h1-26H. The molecule has 0 aliphatic carbocycles. The van der Waals surface area contributed by atoms with Crippen molar-refractivity contribution in [3.8, 4) is 22.3 Å². The van der Waals surface area contributed by atoms with Gasteiger partial charge in [0.15, 0.2) is 0 Å². The minimum Gasteiger partial charge on any atom is -0.256 e. The molecule has 0 N–H and O–H groups in total. The SMILES string of the molecule is c1cnc2c(-c3ccc4c5ccccc5c5c6cc(-c7cccc8cccnc78)ccc6c6ccccc6c5c4c3)cccc2c1. The van der Waals surface area contributed by atoms with E-state index in [9.17, 15) is 0 Å². The third-order valence-corrected chi connectivity index (χ3v) is 9.69. The van der Waals surface area contributed by atoms with Crippen LogP contribution < -0.4 is 0 Å². The number of rotatable bonds is 2. The number of benzene rings is 8. The van der Waals surface area contributed by atoms with Gasteiger partial charge >= 0.3 is 0 Å². The van der Waals surface area contributed by atoms with Gasteiger partial charge in [-0.2, -0.15) is 0 Å². The first-order valence-electron chi connectivity index (χ1n) is 15.7. The van der Waals surface area contributed by atoms with Gasteiger partial charge < -0.3 is 0 Å². The van der Waals surface area contributed by atoms with Gasteiger partial charge in [-0.1, -0.05) is 121 Å². The number of pyridine rings is 2. The van der Waals surface area contributed by atoms with E-state index >= 15 is 0 Å². The number of para-hydroxylation sites is 2. The first kappa shape index (κ1) is 25.2. The van der Waals surface area contributed by atoms with Crippen molar-refractivity contribution in [2.75, 3.05) is 0 Å². The zero-order chi connectivity index (χ0) is 30.2. The highest BCUT2D eigenvalue weighted by Gasteiger charge is 2.18. The van der Waals surface area contributed by atoms with Crippen LogP contribution in [0.1, 0.15) is 0 Å². The summed E-state index contributed by atoms with van der Waals surface area (Å²) in [7, 11) is 0. The van der Waals surface area contributed by atoms with Gasteiger partial charge in [0.25, 0.3) is 0 Å². The summed E-state index contributed by atoms with van der Waals surface area (Å²) in [6.45, 7) is 0. The predicted octanol–water partition coefficient (Wildman–Crippen LogP) is 11.9. The maximum Gasteiger partial charge on any atom is 0.0780 e. The highest BCUT2D eigenvalue weighted by atomic mass is 14.7. The van der Waals surface area contributed by atoms with Crippen molar-refractivity contribution in [2.45, 2.75) is 0 Å². The Morgan fingerprint density at radius 3 is 1.20 bits per heavy atom. The van der Waals surface area contributed by atoms with Crippen LogP contribution in [-0.2, 0) is 0 Å². The molecule has 212 valence electrons. The minimum absolute atomic E-state index is 1.03. The zero-order valence-corrected chi connectivity index (χ0v) is 24.9. The van der Waals surface area contributed by atoms with Gasteiger partial charge in [-0.05, 0) is 89.3 Å². The Bertz CT molecular complexity index is 2660. The van der Waals surface area contributed by atoms with E-state index in [0.717, 1.165) is 32.9 Å². The molecule has 0 fully saturated rings. The van der Waals surface area contributed by atoms with Crippen LogP contribution in [0.25, 0.3) is 97.9 Å². The number of fused-ring (bicyclic) bond motifs is 13. The van der Waals surface area contributed by atoms with E-state index in [1.54, 1.807) is 0 Å². The van der Waals surface area contributed by atoms with Crippen molar-refractivity contribution < 1.29 is 0 Å². The van der Waals surface area contributed by atoms with Crippen LogP contribution >= 0.6 is 0 Å². The molecule has 0 spiro atoms. The molecule has 0 radical (unpaired) electrons. The Hall–Kier alpha value is -6.12. The molecule has 8 aromatic carbocycles. The normalized spacial score (nSPS) is 11.9. The van der Waals surface area contributed by atoms with Gasteiger partial charge in [-0.25, -0.2) is 0 Å². The lowest BCUT2D eigenvalue weighted by atomic mass is 9.85. The molecule has 2 aromatic heterocycles. The second-order valence-electron chi connectivity index (χ2n) is 12.1. The molecule has 0 bridgehead atoms. The molecular weight excluding hydrogens is 556 g/mol. The summed E-state index contributed by atoms with van der Waals surface area (Å²) in [5, 5.41) is 15.0. The smallest absolute Gasteiger partial charge is 0.0780 e. The molecule has 0 atom stereocenters. The summed E-state index contributed by atoms with van der Waals surface area (Å²) in [6.07, 6.45) is 3.77. The topological polar surface area (TPSA) is 25.8 Å². The first-order valence-corrected chi connectivity index (χ1v) is 15.7. The first-order chi connectivity index (χ1) is 22.8. The zero-order valence-electron chi connectivity index (χ0n) is 24.9. The highest BCUT2D eigenvalue weighted by Crippen LogP contribution is 2.46. The number of hydrogen-bond acceptors (Lipinski definition) is 2. The van der Waals surface area contributed by atoms with Crippen molar-refractivity contribution in [3.05, 3.63) is 158 Å². The van der Waals surface area contributed by atoms with Gasteiger partial charge in [0.2, 0.25) is 0 Å². The fourth-order valence-electron chi connectivity index (χ4n) is 7.68. The Morgan fingerprint density at radius 2 is 0.717 bits per heavy atom. The molecule has 0 aliphatic heterocycles. The summed E-state index contributed by atoms with van der Waals surface area (Å²) in [4.78, 5) is 9.59. The quantitative estimate of drug-likeness (QED) is 0.190. The van der Waals surface area contributed by atoms with Crippen LogP contribution in [0.3, 0.4) is 0 Å². The third kappa shape index (κ3) is 3.59. The van der Waals surface area contributed by atoms with Crippen molar-refractivity contribution in [1.29, 1.82) is 0 Å². The lowest BCUT2D eigenvalue weighted by Crippen LogP contribution is -1.91. The Kier molecular flexibility index (Phi) is 5.31. The molecule has 2 nitrogen and oxygen atoms in total. The van der Waals surface area contributed by atoms with Gasteiger partial charge in [0.1, 0.15) is 0 Å². The van der Waals surface area contributed by atoms with Gasteiger partial charge in [-0.15, -0.1) is 0 Å². The number of hydrogen-bond donors (Lipinski definition) is 0. The fourth-order valence-corrected chi connectivity index (χ4v) is 7.68. The van der Waals surface area contributed by atoms with Crippen LogP contribution in [0.2, 0.25) is 0 Å². The molecule has 10 rings (SSSR count). The monoisotopic (exact) mass is 582 g/mol. The van der Waals surface area contributed by atoms with Crippen molar-refractivity contribution in [3.63, 3.8) is 0 Å². The van der Waals surface area contributed by atoms with E-state index in [1.807, 2.05) is 24.5 Å². The summed E-state index contributed by atoms with van der Waals surface area (Å²) >= 11 is 0. The highest BCUT2D eigenvalue weighted by molar-refractivity contribution is 6.39. The lowest BCUT2D eigenvalue weighted by molar-refractivity contribution is 1.41. The van der Waals surface area contributed by atoms with Crippen LogP contribution in [0.5, 0.6) is 0 Å². The second-order valence-corrected chi connectivity index (χ2v) is 12.1. The van der Waals surface area contributed by atoms with E-state index in [4.69, 9.17) is 9.97 Å². The molecule has 10 aromatic rings. The molecular formula is C44H26N2. The number of aromatic nitrogens is 2. The van der Waals surface area contributed by atoms with E-state index in [-0.39, 0.29) is 0 Å². The van der Waals surface area contributed by atoms with Crippen molar-refractivity contribution in [1.82, 2.24) is 9.97 Å². The summed E-state index contributed by atoms with van der Waals surface area (Å²) in [5.74, 6) is 0. The molecule has 2 heterocycles. The minimum atomic E-state index is 1.03. The van der Waals surface area contributed by atoms with Crippen LogP contribution in [0.4, 0.5) is 0 Å². The molecule has 0 saturated heterocycles. The lowest BCUT2D eigenvalue weighted by Gasteiger charge is -2.18. The maximum absolute atomic E-state index is 4.80. The second kappa shape index (κ2) is 9.69. The van der Waals surface area contributed by atoms with E-state index < -0.39 is 0 Å². The van der Waals surface area contributed by atoms with Gasteiger partial charge in [0.05, 0.1) is 11.0 Å². The molecule has 0 aliphatic rings. The van der Waals surface area contributed by atoms with Crippen LogP contribution in [-0.4, -0.2) is 9.97 Å². The van der Waals surface area contributed by atoms with Crippen molar-refractivity contribution >= 4 is 75.7 Å². The molecule has 0 amide bonds. The number of nitrogens with zero attached hydrogens (tertiary/aromatic N) is 2. The molecule has 0 saturated carbocycles. The molecule has 2 heteroatoms. The third-order valence-electron chi connectivity index (χ3n) is 9.69. The summed E-state index contributed by atoms with van der Waals surface area (Å²) in [5.41, 5.74) is 6.70. The predicted molar refractivity (Wildman–Crippen MR) is 195 cm³/mol. The van der Waals surface area contributed by atoms with E-state index in [2.05, 4.69) is 133 Å². The van der Waals surface area contributed by atoms with Crippen LogP contribution in [0.15, 0.2) is 158 Å². The van der Waals surface area contributed by atoms with Gasteiger partial charge in [-0.3, -0.25) is 9.97 Å². The Balaban J connectivity index is 1.40. The Labute approximate surface area is 265 Å². The van der Waals surface area contributed by atoms with Crippen LogP contribution in [0, 0.1) is 0 Å². The molecule has 46 heavy (non-hydrogen) atoms.